The molecule has 10 rings (SSSR count). The average molecular weight is 732 g/mol. The van der Waals surface area contributed by atoms with Crippen LogP contribution in [0.25, 0.3) is 21.5 Å². The maximum Gasteiger partial charge on any atom is 0.124 e. The number of hydrogen-bond donors (Lipinski definition) is 3. The Morgan fingerprint density at radius 1 is 0.815 bits per heavy atom. The first kappa shape index (κ1) is 36.1. The summed E-state index contributed by atoms with van der Waals surface area (Å²) in [6.45, 7) is 9.45. The van der Waals surface area contributed by atoms with E-state index in [4.69, 9.17) is 0 Å². The molecule has 2 heterocycles. The van der Waals surface area contributed by atoms with E-state index in [-0.39, 0.29) is 29.0 Å². The van der Waals surface area contributed by atoms with Crippen molar-refractivity contribution in [2.45, 2.75) is 135 Å². The first-order valence-electron chi connectivity index (χ1n) is 22.2. The lowest BCUT2D eigenvalue weighted by molar-refractivity contribution is -0.180. The Bertz CT molecular complexity index is 1920. The van der Waals surface area contributed by atoms with Crippen LogP contribution in [0.4, 0.5) is 0 Å². The van der Waals surface area contributed by atoms with Crippen molar-refractivity contribution in [3.05, 3.63) is 59.7 Å². The first-order chi connectivity index (χ1) is 26.0. The highest BCUT2D eigenvalue weighted by Gasteiger charge is 2.67. The molecule has 5 heteroatoms. The van der Waals surface area contributed by atoms with Gasteiger partial charge in [0.1, 0.15) is 6.29 Å². The lowest BCUT2D eigenvalue weighted by atomic mass is 9.46. The van der Waals surface area contributed by atoms with Gasteiger partial charge in [-0.05, 0) is 199 Å². The van der Waals surface area contributed by atoms with Gasteiger partial charge in [0.05, 0.1) is 17.8 Å². The van der Waals surface area contributed by atoms with Gasteiger partial charge in [0.25, 0.3) is 0 Å². The molecule has 0 radical (unpaired) electrons. The molecule has 1 spiro atoms. The van der Waals surface area contributed by atoms with Gasteiger partial charge < -0.3 is 20.1 Å². The largest absolute Gasteiger partial charge is 0.393 e. The summed E-state index contributed by atoms with van der Waals surface area (Å²) in [7, 11) is 0. The van der Waals surface area contributed by atoms with Crippen molar-refractivity contribution >= 4 is 27.8 Å². The number of fused-ring (bicyclic) bond motifs is 10. The standard InChI is InChI=1S/C49H65NO4/c1-29-7-14-45-48(3,54)41-13-12-36-38(40(41)27-50(45)26-29)22-42-39(36)23-44(52)43-24-46(53)49(28-47(42,43)2)17-15-31(25-49)9-8-30-10-11-33-20-34-6-4-5-32(16-18-51)37(34)21-35(33)19-30/h4-6,10-11,18-21,29,31,36,38-46,52-54H,7-9,12-17,22-28H2,1-3H3. The maximum atomic E-state index is 12.2. The van der Waals surface area contributed by atoms with E-state index in [0.717, 1.165) is 76.2 Å². The van der Waals surface area contributed by atoms with E-state index in [9.17, 15) is 20.1 Å². The summed E-state index contributed by atoms with van der Waals surface area (Å²) < 4.78 is 0. The molecule has 3 N–H and O–H groups in total. The Morgan fingerprint density at radius 2 is 1.69 bits per heavy atom. The predicted octanol–water partition coefficient (Wildman–Crippen LogP) is 8.76. The van der Waals surface area contributed by atoms with Crippen molar-refractivity contribution in [2.24, 2.45) is 64.1 Å². The van der Waals surface area contributed by atoms with Crippen LogP contribution in [-0.2, 0) is 17.6 Å². The highest BCUT2D eigenvalue weighted by atomic mass is 16.3. The number of aliphatic hydroxyl groups excluding tert-OH is 2. The zero-order valence-electron chi connectivity index (χ0n) is 33.1. The fraction of sp³-hybridized carbons (Fsp3) is 0.694. The van der Waals surface area contributed by atoms with E-state index in [2.05, 4.69) is 74.2 Å². The first-order valence-corrected chi connectivity index (χ1v) is 22.2. The van der Waals surface area contributed by atoms with Crippen molar-refractivity contribution < 1.29 is 20.1 Å². The van der Waals surface area contributed by atoms with Crippen LogP contribution in [-0.4, -0.2) is 63.4 Å². The Kier molecular flexibility index (Phi) is 8.76. The summed E-state index contributed by atoms with van der Waals surface area (Å²) in [5, 5.41) is 41.0. The lowest BCUT2D eigenvalue weighted by Gasteiger charge is -2.60. The van der Waals surface area contributed by atoms with Crippen LogP contribution in [0.5, 0.6) is 0 Å². The van der Waals surface area contributed by atoms with Crippen molar-refractivity contribution in [2.75, 3.05) is 13.1 Å². The van der Waals surface area contributed by atoms with Gasteiger partial charge in [-0.3, -0.25) is 4.90 Å². The molecule has 7 aliphatic rings. The van der Waals surface area contributed by atoms with Gasteiger partial charge in [-0.1, -0.05) is 50.2 Å². The number of benzene rings is 3. The Labute approximate surface area is 323 Å². The smallest absolute Gasteiger partial charge is 0.124 e. The molecule has 5 nitrogen and oxygen atoms in total. The number of piperidine rings is 2. The Hall–Kier alpha value is -2.31. The molecule has 3 aromatic rings. The van der Waals surface area contributed by atoms with Gasteiger partial charge in [0.2, 0.25) is 0 Å². The molecule has 15 unspecified atom stereocenters. The molecular weight excluding hydrogens is 667 g/mol. The molecule has 5 saturated carbocycles. The van der Waals surface area contributed by atoms with Crippen LogP contribution in [0, 0.1) is 64.1 Å². The number of rotatable bonds is 5. The predicted molar refractivity (Wildman–Crippen MR) is 216 cm³/mol. The SMILES string of the molecule is CC1CCC2N(C1)CC1C3CC4C(CC(O)C5CC(O)C6(CCC(CCc7ccc8cc9cccc(CC=O)c9cc8c7)C6)CC54C)C3CCC1C2(C)O. The van der Waals surface area contributed by atoms with Crippen molar-refractivity contribution in [1.82, 2.24) is 4.90 Å². The highest BCUT2D eigenvalue weighted by molar-refractivity contribution is 6.00. The van der Waals surface area contributed by atoms with Gasteiger partial charge >= 0.3 is 0 Å². The number of hydrogen-bond acceptors (Lipinski definition) is 5. The second-order valence-electron chi connectivity index (χ2n) is 21.0. The summed E-state index contributed by atoms with van der Waals surface area (Å²) in [6, 6.07) is 18.1. The molecule has 290 valence electrons. The van der Waals surface area contributed by atoms with Crippen LogP contribution in [0.15, 0.2) is 48.5 Å². The molecule has 7 fully saturated rings. The van der Waals surface area contributed by atoms with Gasteiger partial charge in [0.15, 0.2) is 0 Å². The molecule has 2 saturated heterocycles. The highest BCUT2D eigenvalue weighted by Crippen LogP contribution is 2.70. The number of aryl methyl sites for hydroxylation is 1. The molecular formula is C49H65NO4. The maximum absolute atomic E-state index is 12.2. The number of aldehydes is 1. The summed E-state index contributed by atoms with van der Waals surface area (Å²) in [5.74, 6) is 5.02. The third kappa shape index (κ3) is 5.55. The quantitative estimate of drug-likeness (QED) is 0.181. The van der Waals surface area contributed by atoms with Gasteiger partial charge in [-0.2, -0.15) is 0 Å². The van der Waals surface area contributed by atoms with Gasteiger partial charge in [-0.15, -0.1) is 0 Å². The molecule has 15 atom stereocenters. The Morgan fingerprint density at radius 3 is 2.54 bits per heavy atom. The minimum Gasteiger partial charge on any atom is -0.393 e. The summed E-state index contributed by atoms with van der Waals surface area (Å²) in [5.41, 5.74) is 1.90. The number of aliphatic hydroxyl groups is 3. The molecule has 0 bridgehead atoms. The number of carbonyl (C=O) groups is 1. The summed E-state index contributed by atoms with van der Waals surface area (Å²) in [6.07, 6.45) is 15.2. The fourth-order valence-electron chi connectivity index (χ4n) is 15.9. The van der Waals surface area contributed by atoms with E-state index in [1.807, 2.05) is 0 Å². The van der Waals surface area contributed by atoms with E-state index in [1.165, 1.54) is 59.3 Å². The summed E-state index contributed by atoms with van der Waals surface area (Å²) >= 11 is 0. The lowest BCUT2D eigenvalue weighted by Crippen LogP contribution is -2.67. The second-order valence-corrected chi connectivity index (χ2v) is 21.0. The van der Waals surface area contributed by atoms with E-state index < -0.39 is 5.60 Å². The minimum absolute atomic E-state index is 0.0310. The third-order valence-electron chi connectivity index (χ3n) is 18.3. The van der Waals surface area contributed by atoms with Crippen LogP contribution < -0.4 is 0 Å². The average Bonchev–Trinajstić information content (AvgIpc) is 3.74. The third-order valence-corrected chi connectivity index (χ3v) is 18.3. The topological polar surface area (TPSA) is 81.0 Å². The van der Waals surface area contributed by atoms with E-state index in [0.29, 0.717) is 59.8 Å². The molecule has 0 aromatic heterocycles. The van der Waals surface area contributed by atoms with Crippen molar-refractivity contribution in [1.29, 1.82) is 0 Å². The normalized spacial score (nSPS) is 45.8. The van der Waals surface area contributed by atoms with Crippen molar-refractivity contribution in [3.8, 4) is 0 Å². The summed E-state index contributed by atoms with van der Waals surface area (Å²) in [4.78, 5) is 14.1. The minimum atomic E-state index is -0.604. The number of nitrogens with zero attached hydrogens (tertiary/aromatic N) is 1. The van der Waals surface area contributed by atoms with Crippen LogP contribution >= 0.6 is 0 Å². The fourth-order valence-corrected chi connectivity index (χ4v) is 15.9. The second kappa shape index (κ2) is 13.1. The van der Waals surface area contributed by atoms with E-state index in [1.54, 1.807) is 0 Å². The monoisotopic (exact) mass is 731 g/mol. The number of carbonyl (C=O) groups excluding carboxylic acids is 1. The zero-order valence-corrected chi connectivity index (χ0v) is 33.1. The van der Waals surface area contributed by atoms with E-state index >= 15 is 0 Å². The molecule has 5 aliphatic carbocycles. The Balaban J connectivity index is 0.862. The van der Waals surface area contributed by atoms with Crippen LogP contribution in [0.2, 0.25) is 0 Å². The van der Waals surface area contributed by atoms with Crippen LogP contribution in [0.1, 0.15) is 109 Å². The van der Waals surface area contributed by atoms with Crippen LogP contribution in [0.3, 0.4) is 0 Å². The van der Waals surface area contributed by atoms with Gasteiger partial charge in [0, 0.05) is 25.6 Å². The van der Waals surface area contributed by atoms with Crippen molar-refractivity contribution in [3.63, 3.8) is 0 Å². The molecule has 54 heavy (non-hydrogen) atoms. The molecule has 2 aliphatic heterocycles. The zero-order chi connectivity index (χ0) is 37.1. The molecule has 3 aromatic carbocycles. The molecule has 0 amide bonds. The van der Waals surface area contributed by atoms with Gasteiger partial charge in [-0.25, -0.2) is 0 Å².